The van der Waals surface area contributed by atoms with E-state index < -0.39 is 18.1 Å². The lowest BCUT2D eigenvalue weighted by molar-refractivity contribution is -0.147. The number of carbonyl (C=O) groups is 2. The van der Waals surface area contributed by atoms with Gasteiger partial charge in [0.1, 0.15) is 19.3 Å². The standard InChI is InChI=1S/C20H23NO5/c22-13-7-12-18(19(23)25-14-16-8-3-1-4-9-16)21-20(24)26-15-17-10-5-2-6-11-17/h1-6,8-11,18,22H,7,12-15H2,(H,21,24). The molecule has 0 fully saturated rings. The summed E-state index contributed by atoms with van der Waals surface area (Å²) in [6.45, 7) is 0.151. The van der Waals surface area contributed by atoms with Crippen LogP contribution in [0.25, 0.3) is 0 Å². The lowest BCUT2D eigenvalue weighted by atomic mass is 10.1. The van der Waals surface area contributed by atoms with E-state index in [9.17, 15) is 9.59 Å². The average molecular weight is 357 g/mol. The number of esters is 1. The molecule has 0 aliphatic carbocycles. The van der Waals surface area contributed by atoms with E-state index in [1.807, 2.05) is 60.7 Å². The van der Waals surface area contributed by atoms with Crippen molar-refractivity contribution in [3.05, 3.63) is 71.8 Å². The van der Waals surface area contributed by atoms with Crippen molar-refractivity contribution in [2.75, 3.05) is 6.61 Å². The molecule has 2 aromatic rings. The molecule has 6 nitrogen and oxygen atoms in total. The Morgan fingerprint density at radius 2 is 1.42 bits per heavy atom. The molecule has 26 heavy (non-hydrogen) atoms. The summed E-state index contributed by atoms with van der Waals surface area (Å²) in [7, 11) is 0. The van der Waals surface area contributed by atoms with Gasteiger partial charge in [-0.05, 0) is 24.0 Å². The van der Waals surface area contributed by atoms with E-state index >= 15 is 0 Å². The zero-order chi connectivity index (χ0) is 18.6. The van der Waals surface area contributed by atoms with Crippen molar-refractivity contribution in [3.63, 3.8) is 0 Å². The van der Waals surface area contributed by atoms with Crippen molar-refractivity contribution >= 4 is 12.1 Å². The summed E-state index contributed by atoms with van der Waals surface area (Å²) in [6.07, 6.45) is -0.0669. The van der Waals surface area contributed by atoms with E-state index in [1.54, 1.807) is 0 Å². The monoisotopic (exact) mass is 357 g/mol. The number of benzene rings is 2. The SMILES string of the molecule is O=C(NC(CCCO)C(=O)OCc1ccccc1)OCc1ccccc1. The first-order valence-electron chi connectivity index (χ1n) is 8.47. The van der Waals surface area contributed by atoms with E-state index in [-0.39, 0.29) is 26.2 Å². The molecule has 0 aromatic heterocycles. The molecule has 1 atom stereocenters. The highest BCUT2D eigenvalue weighted by molar-refractivity contribution is 5.81. The van der Waals surface area contributed by atoms with Gasteiger partial charge in [-0.1, -0.05) is 60.7 Å². The Kier molecular flexibility index (Phi) is 8.15. The van der Waals surface area contributed by atoms with Crippen molar-refractivity contribution in [1.29, 1.82) is 0 Å². The van der Waals surface area contributed by atoms with Crippen LogP contribution >= 0.6 is 0 Å². The van der Waals surface area contributed by atoms with Gasteiger partial charge in [-0.3, -0.25) is 0 Å². The van der Waals surface area contributed by atoms with Crippen LogP contribution in [0.1, 0.15) is 24.0 Å². The van der Waals surface area contributed by atoms with Gasteiger partial charge in [0, 0.05) is 6.61 Å². The first-order valence-corrected chi connectivity index (χ1v) is 8.47. The molecule has 2 rings (SSSR count). The molecular weight excluding hydrogens is 334 g/mol. The van der Waals surface area contributed by atoms with Crippen molar-refractivity contribution in [1.82, 2.24) is 5.32 Å². The van der Waals surface area contributed by atoms with E-state index in [1.165, 1.54) is 0 Å². The molecule has 0 saturated carbocycles. The highest BCUT2D eigenvalue weighted by Crippen LogP contribution is 2.06. The minimum atomic E-state index is -0.867. The van der Waals surface area contributed by atoms with Gasteiger partial charge >= 0.3 is 12.1 Å². The Balaban J connectivity index is 1.84. The Bertz CT molecular complexity index is 675. The number of ether oxygens (including phenoxy) is 2. The molecule has 0 bridgehead atoms. The molecule has 0 spiro atoms. The summed E-state index contributed by atoms with van der Waals surface area (Å²) >= 11 is 0. The Hall–Kier alpha value is -2.86. The van der Waals surface area contributed by atoms with Crippen LogP contribution in [0, 0.1) is 0 Å². The fraction of sp³-hybridized carbons (Fsp3) is 0.300. The van der Waals surface area contributed by atoms with Gasteiger partial charge < -0.3 is 19.9 Å². The molecule has 1 amide bonds. The lowest BCUT2D eigenvalue weighted by Gasteiger charge is -2.17. The molecule has 2 N–H and O–H groups in total. The number of hydrogen-bond acceptors (Lipinski definition) is 5. The third kappa shape index (κ3) is 6.94. The summed E-state index contributed by atoms with van der Waals surface area (Å²) in [5.41, 5.74) is 1.70. The van der Waals surface area contributed by atoms with Crippen LogP contribution in [0.2, 0.25) is 0 Å². The van der Waals surface area contributed by atoms with Crippen LogP contribution in [-0.4, -0.2) is 29.8 Å². The number of hydrogen-bond donors (Lipinski definition) is 2. The Labute approximate surface area is 152 Å². The Morgan fingerprint density at radius 1 is 0.885 bits per heavy atom. The number of aliphatic hydroxyl groups is 1. The van der Waals surface area contributed by atoms with Gasteiger partial charge in [-0.2, -0.15) is 0 Å². The third-order valence-corrected chi connectivity index (χ3v) is 3.66. The minimum Gasteiger partial charge on any atom is -0.459 e. The highest BCUT2D eigenvalue weighted by Gasteiger charge is 2.22. The first-order chi connectivity index (χ1) is 12.7. The van der Waals surface area contributed by atoms with Gasteiger partial charge in [0.25, 0.3) is 0 Å². The summed E-state index contributed by atoms with van der Waals surface area (Å²) in [6, 6.07) is 17.6. The predicted octanol–water partition coefficient (Wildman–Crippen LogP) is 2.80. The average Bonchev–Trinajstić information content (AvgIpc) is 2.69. The molecule has 2 aromatic carbocycles. The Morgan fingerprint density at radius 3 is 1.96 bits per heavy atom. The van der Waals surface area contributed by atoms with Crippen LogP contribution in [0.5, 0.6) is 0 Å². The molecule has 0 saturated heterocycles. The van der Waals surface area contributed by atoms with E-state index in [2.05, 4.69) is 5.32 Å². The molecule has 0 radical (unpaired) electrons. The third-order valence-electron chi connectivity index (χ3n) is 3.66. The fourth-order valence-electron chi connectivity index (χ4n) is 2.28. The molecule has 0 aliphatic rings. The number of carbonyl (C=O) groups excluding carboxylic acids is 2. The van der Waals surface area contributed by atoms with E-state index in [0.29, 0.717) is 6.42 Å². The second-order valence-corrected chi connectivity index (χ2v) is 5.72. The van der Waals surface area contributed by atoms with E-state index in [0.717, 1.165) is 11.1 Å². The molecule has 1 unspecified atom stereocenters. The highest BCUT2D eigenvalue weighted by atomic mass is 16.6. The van der Waals surface area contributed by atoms with E-state index in [4.69, 9.17) is 14.6 Å². The maximum Gasteiger partial charge on any atom is 0.408 e. The summed E-state index contributed by atoms with van der Waals surface area (Å²) in [5.74, 6) is -0.557. The second kappa shape index (κ2) is 10.9. The summed E-state index contributed by atoms with van der Waals surface area (Å²) in [5, 5.41) is 11.5. The van der Waals surface area contributed by atoms with Crippen molar-refractivity contribution < 1.29 is 24.2 Å². The normalized spacial score (nSPS) is 11.4. The summed E-state index contributed by atoms with van der Waals surface area (Å²) < 4.78 is 10.4. The smallest absolute Gasteiger partial charge is 0.408 e. The molecule has 138 valence electrons. The van der Waals surface area contributed by atoms with Gasteiger partial charge in [0.05, 0.1) is 0 Å². The first kappa shape index (κ1) is 19.5. The number of alkyl carbamates (subject to hydrolysis) is 1. The van der Waals surface area contributed by atoms with Gasteiger partial charge in [0.2, 0.25) is 0 Å². The molecule has 6 heteroatoms. The zero-order valence-electron chi connectivity index (χ0n) is 14.5. The van der Waals surface area contributed by atoms with Crippen molar-refractivity contribution in [2.45, 2.75) is 32.1 Å². The number of nitrogens with one attached hydrogen (secondary N) is 1. The number of aliphatic hydroxyl groups excluding tert-OH is 1. The molecular formula is C20H23NO5. The van der Waals surface area contributed by atoms with Crippen molar-refractivity contribution in [2.24, 2.45) is 0 Å². The quantitative estimate of drug-likeness (QED) is 0.674. The number of rotatable bonds is 9. The van der Waals surface area contributed by atoms with Crippen LogP contribution in [0.4, 0.5) is 4.79 Å². The van der Waals surface area contributed by atoms with Gasteiger partial charge in [-0.25, -0.2) is 9.59 Å². The van der Waals surface area contributed by atoms with Crippen molar-refractivity contribution in [3.8, 4) is 0 Å². The maximum absolute atomic E-state index is 12.3. The summed E-state index contributed by atoms with van der Waals surface area (Å²) in [4.78, 5) is 24.2. The van der Waals surface area contributed by atoms with Gasteiger partial charge in [-0.15, -0.1) is 0 Å². The zero-order valence-corrected chi connectivity index (χ0v) is 14.5. The predicted molar refractivity (Wildman–Crippen MR) is 96.1 cm³/mol. The number of amides is 1. The van der Waals surface area contributed by atoms with Crippen LogP contribution in [0.3, 0.4) is 0 Å². The molecule has 0 aliphatic heterocycles. The van der Waals surface area contributed by atoms with Crippen LogP contribution in [0.15, 0.2) is 60.7 Å². The van der Waals surface area contributed by atoms with Gasteiger partial charge in [0.15, 0.2) is 0 Å². The van der Waals surface area contributed by atoms with Crippen LogP contribution in [-0.2, 0) is 27.5 Å². The second-order valence-electron chi connectivity index (χ2n) is 5.72. The topological polar surface area (TPSA) is 84.9 Å². The van der Waals surface area contributed by atoms with Crippen LogP contribution < -0.4 is 5.32 Å². The fourth-order valence-corrected chi connectivity index (χ4v) is 2.28. The minimum absolute atomic E-state index is 0.0802. The molecule has 0 heterocycles. The maximum atomic E-state index is 12.3. The lowest BCUT2D eigenvalue weighted by Crippen LogP contribution is -2.42. The largest absolute Gasteiger partial charge is 0.459 e.